The predicted molar refractivity (Wildman–Crippen MR) is 122 cm³/mol. The predicted octanol–water partition coefficient (Wildman–Crippen LogP) is 2.47. The molecule has 1 N–H and O–H groups in total. The van der Waals surface area contributed by atoms with E-state index in [0.717, 1.165) is 63.9 Å². The fourth-order valence-corrected chi connectivity index (χ4v) is 3.41. The molecule has 1 heterocycles. The Hall–Kier alpha value is -1.83. The third-order valence-electron chi connectivity index (χ3n) is 5.06. The molecule has 7 heteroatoms. The van der Waals surface area contributed by atoms with Gasteiger partial charge in [-0.3, -0.25) is 0 Å². The highest BCUT2D eigenvalue weighted by Gasteiger charge is 2.24. The number of hydrogen-bond donors (Lipinski definition) is 1. The van der Waals surface area contributed by atoms with Gasteiger partial charge in [-0.2, -0.15) is 0 Å². The number of ether oxygens (including phenoxy) is 3. The van der Waals surface area contributed by atoms with Crippen molar-refractivity contribution in [3.63, 3.8) is 0 Å². The maximum atomic E-state index is 5.81. The fraction of sp³-hybridized carbons (Fsp3) is 0.696. The largest absolute Gasteiger partial charge is 0.494 e. The van der Waals surface area contributed by atoms with Crippen LogP contribution in [0.25, 0.3) is 0 Å². The Kier molecular flexibility index (Phi) is 11.6. The van der Waals surface area contributed by atoms with Crippen LogP contribution in [0, 0.1) is 5.92 Å². The van der Waals surface area contributed by atoms with Gasteiger partial charge in [0.25, 0.3) is 0 Å². The zero-order valence-corrected chi connectivity index (χ0v) is 19.2. The summed E-state index contributed by atoms with van der Waals surface area (Å²) in [6, 6.07) is 8.28. The molecular formula is C23H40N4O3. The van der Waals surface area contributed by atoms with Crippen LogP contribution in [0.4, 0.5) is 0 Å². The Morgan fingerprint density at radius 2 is 2.00 bits per heavy atom. The van der Waals surface area contributed by atoms with Gasteiger partial charge in [0.15, 0.2) is 5.96 Å². The van der Waals surface area contributed by atoms with Gasteiger partial charge in [-0.1, -0.05) is 12.1 Å². The number of hydrogen-bond acceptors (Lipinski definition) is 5. The number of aliphatic imine (C=N–C) groups is 1. The molecule has 0 saturated carbocycles. The molecule has 1 saturated heterocycles. The smallest absolute Gasteiger partial charge is 0.194 e. The summed E-state index contributed by atoms with van der Waals surface area (Å²) in [4.78, 5) is 9.37. The normalized spacial score (nSPS) is 17.0. The van der Waals surface area contributed by atoms with Crippen LogP contribution in [0.1, 0.15) is 25.3 Å². The van der Waals surface area contributed by atoms with E-state index in [9.17, 15) is 0 Å². The van der Waals surface area contributed by atoms with Gasteiger partial charge in [-0.15, -0.1) is 0 Å². The summed E-state index contributed by atoms with van der Waals surface area (Å²) in [5.74, 6) is 2.46. The van der Waals surface area contributed by atoms with Crippen molar-refractivity contribution in [3.05, 3.63) is 29.8 Å². The van der Waals surface area contributed by atoms with E-state index in [1.54, 1.807) is 7.11 Å². The lowest BCUT2D eigenvalue weighted by Gasteiger charge is -2.21. The third kappa shape index (κ3) is 9.32. The summed E-state index contributed by atoms with van der Waals surface area (Å²) in [7, 11) is 5.86. The van der Waals surface area contributed by atoms with E-state index in [1.165, 1.54) is 5.56 Å². The molecule has 2 rings (SSSR count). The highest BCUT2D eigenvalue weighted by Crippen LogP contribution is 2.18. The monoisotopic (exact) mass is 420 g/mol. The van der Waals surface area contributed by atoms with Gasteiger partial charge < -0.3 is 29.3 Å². The summed E-state index contributed by atoms with van der Waals surface area (Å²) in [5, 5.41) is 3.43. The summed E-state index contributed by atoms with van der Waals surface area (Å²) in [6.45, 7) is 9.52. The second kappa shape index (κ2) is 14.2. The quantitative estimate of drug-likeness (QED) is 0.301. The summed E-state index contributed by atoms with van der Waals surface area (Å²) < 4.78 is 16.6. The van der Waals surface area contributed by atoms with Crippen LogP contribution in [0.5, 0.6) is 5.75 Å². The van der Waals surface area contributed by atoms with Crippen LogP contribution in [-0.2, 0) is 16.0 Å². The van der Waals surface area contributed by atoms with E-state index in [0.29, 0.717) is 25.7 Å². The maximum Gasteiger partial charge on any atom is 0.194 e. The number of nitrogens with zero attached hydrogens (tertiary/aromatic N) is 3. The van der Waals surface area contributed by atoms with E-state index >= 15 is 0 Å². The van der Waals surface area contributed by atoms with Crippen LogP contribution < -0.4 is 10.1 Å². The third-order valence-corrected chi connectivity index (χ3v) is 5.06. The Morgan fingerprint density at radius 1 is 1.20 bits per heavy atom. The molecule has 0 aromatic heterocycles. The minimum atomic E-state index is 0.551. The number of nitrogens with one attached hydrogen (secondary N) is 1. The number of benzene rings is 1. The summed E-state index contributed by atoms with van der Waals surface area (Å²) >= 11 is 0. The molecule has 0 radical (unpaired) electrons. The molecule has 1 aromatic carbocycles. The topological polar surface area (TPSA) is 58.6 Å². The van der Waals surface area contributed by atoms with E-state index in [2.05, 4.69) is 48.3 Å². The Morgan fingerprint density at radius 3 is 2.70 bits per heavy atom. The number of likely N-dealkylation sites (tertiary alicyclic amines) is 1. The van der Waals surface area contributed by atoms with Gasteiger partial charge in [0, 0.05) is 39.2 Å². The molecule has 1 aliphatic rings. The van der Waals surface area contributed by atoms with Gasteiger partial charge in [0.2, 0.25) is 0 Å². The van der Waals surface area contributed by atoms with Crippen molar-refractivity contribution in [1.82, 2.24) is 15.1 Å². The van der Waals surface area contributed by atoms with E-state index < -0.39 is 0 Å². The van der Waals surface area contributed by atoms with Gasteiger partial charge in [-0.25, -0.2) is 4.99 Å². The van der Waals surface area contributed by atoms with Crippen molar-refractivity contribution in [2.45, 2.75) is 26.3 Å². The molecule has 0 aliphatic carbocycles. The SMILES string of the molecule is CCNC(=NCc1ccc(OCCCN(C)C)cc1)N1CCC(COCCOC)C1. The van der Waals surface area contributed by atoms with Crippen LogP contribution in [0.15, 0.2) is 29.3 Å². The molecule has 7 nitrogen and oxygen atoms in total. The van der Waals surface area contributed by atoms with E-state index in [1.807, 2.05) is 12.1 Å². The molecule has 170 valence electrons. The molecule has 1 unspecified atom stereocenters. The Balaban J connectivity index is 1.80. The first-order valence-electron chi connectivity index (χ1n) is 11.1. The van der Waals surface area contributed by atoms with Crippen molar-refractivity contribution in [2.75, 3.05) is 73.8 Å². The minimum absolute atomic E-state index is 0.551. The average Bonchev–Trinajstić information content (AvgIpc) is 3.21. The molecule has 0 bridgehead atoms. The standard InChI is InChI=1S/C23H40N4O3/c1-5-24-23(27-13-11-21(18-27)19-29-16-15-28-4)25-17-20-7-9-22(10-8-20)30-14-6-12-26(2)3/h7-10,21H,5-6,11-19H2,1-4H3,(H,24,25). The molecule has 0 amide bonds. The number of rotatable bonds is 13. The first-order valence-corrected chi connectivity index (χ1v) is 11.1. The molecule has 1 atom stereocenters. The van der Waals surface area contributed by atoms with Gasteiger partial charge in [-0.05, 0) is 51.6 Å². The van der Waals surface area contributed by atoms with Crippen molar-refractivity contribution in [3.8, 4) is 5.75 Å². The molecule has 30 heavy (non-hydrogen) atoms. The van der Waals surface area contributed by atoms with Crippen molar-refractivity contribution >= 4 is 5.96 Å². The molecule has 1 fully saturated rings. The van der Waals surface area contributed by atoms with E-state index in [4.69, 9.17) is 19.2 Å². The Bertz CT molecular complexity index is 607. The lowest BCUT2D eigenvalue weighted by molar-refractivity contribution is 0.0536. The minimum Gasteiger partial charge on any atom is -0.494 e. The number of guanidine groups is 1. The van der Waals surface area contributed by atoms with Crippen LogP contribution in [-0.4, -0.2) is 89.6 Å². The highest BCUT2D eigenvalue weighted by atomic mass is 16.5. The van der Waals surface area contributed by atoms with Gasteiger partial charge in [0.05, 0.1) is 33.0 Å². The molecular weight excluding hydrogens is 380 g/mol. The van der Waals surface area contributed by atoms with Crippen LogP contribution >= 0.6 is 0 Å². The summed E-state index contributed by atoms with van der Waals surface area (Å²) in [6.07, 6.45) is 2.16. The highest BCUT2D eigenvalue weighted by molar-refractivity contribution is 5.80. The molecule has 1 aromatic rings. The second-order valence-electron chi connectivity index (χ2n) is 7.99. The van der Waals surface area contributed by atoms with E-state index in [-0.39, 0.29) is 0 Å². The van der Waals surface area contributed by atoms with Gasteiger partial charge in [0.1, 0.15) is 5.75 Å². The first kappa shape index (κ1) is 24.4. The fourth-order valence-electron chi connectivity index (χ4n) is 3.41. The van der Waals surface area contributed by atoms with Crippen molar-refractivity contribution in [1.29, 1.82) is 0 Å². The van der Waals surface area contributed by atoms with Crippen LogP contribution in [0.3, 0.4) is 0 Å². The van der Waals surface area contributed by atoms with Crippen molar-refractivity contribution < 1.29 is 14.2 Å². The first-order chi connectivity index (χ1) is 14.6. The number of methoxy groups -OCH3 is 1. The van der Waals surface area contributed by atoms with Gasteiger partial charge >= 0.3 is 0 Å². The summed E-state index contributed by atoms with van der Waals surface area (Å²) in [5.41, 5.74) is 1.18. The Labute approximate surface area is 182 Å². The molecule has 1 aliphatic heterocycles. The lowest BCUT2D eigenvalue weighted by Crippen LogP contribution is -2.40. The zero-order valence-electron chi connectivity index (χ0n) is 19.2. The zero-order chi connectivity index (χ0) is 21.6. The van der Waals surface area contributed by atoms with Crippen LogP contribution in [0.2, 0.25) is 0 Å². The van der Waals surface area contributed by atoms with Crippen molar-refractivity contribution in [2.24, 2.45) is 10.9 Å². The lowest BCUT2D eigenvalue weighted by atomic mass is 10.1. The second-order valence-corrected chi connectivity index (χ2v) is 7.99. The molecule has 0 spiro atoms. The average molecular weight is 421 g/mol. The maximum absolute atomic E-state index is 5.81.